The van der Waals surface area contributed by atoms with Crippen molar-refractivity contribution in [2.75, 3.05) is 6.61 Å². The van der Waals surface area contributed by atoms with Crippen LogP contribution in [0, 0.1) is 62.6 Å². The second-order valence-electron chi connectivity index (χ2n) is 15.2. The monoisotopic (exact) mass is 488 g/mol. The maximum absolute atomic E-state index is 12.9. The quantitative estimate of drug-likeness (QED) is 0.420. The average Bonchev–Trinajstić information content (AvgIpc) is 3.18. The molecule has 3 N–H and O–H groups in total. The van der Waals surface area contributed by atoms with Crippen LogP contribution < -0.4 is 0 Å². The average molecular weight is 489 g/mol. The van der Waals surface area contributed by atoms with Crippen molar-refractivity contribution in [2.45, 2.75) is 118 Å². The number of aliphatic carboxylic acids is 1. The Morgan fingerprint density at radius 3 is 2.23 bits per heavy atom. The normalized spacial score (nSPS) is 53.6. The summed E-state index contributed by atoms with van der Waals surface area (Å²) in [5.74, 6) is 2.16. The van der Waals surface area contributed by atoms with E-state index in [0.29, 0.717) is 29.6 Å². The Bertz CT molecular complexity index is 853. The fourth-order valence-electron chi connectivity index (χ4n) is 12.1. The summed E-state index contributed by atoms with van der Waals surface area (Å²) in [6, 6.07) is 0. The van der Waals surface area contributed by atoms with Crippen LogP contribution in [0.5, 0.6) is 0 Å². The van der Waals surface area contributed by atoms with E-state index in [4.69, 9.17) is 0 Å². The molecule has 5 aliphatic carbocycles. The summed E-state index contributed by atoms with van der Waals surface area (Å²) in [4.78, 5) is 12.9. The van der Waals surface area contributed by atoms with Crippen molar-refractivity contribution in [3.8, 4) is 0 Å². The van der Waals surface area contributed by atoms with Crippen molar-refractivity contribution >= 4 is 5.97 Å². The van der Waals surface area contributed by atoms with Crippen LogP contribution in [0.2, 0.25) is 0 Å². The first-order valence-electron chi connectivity index (χ1n) is 14.8. The van der Waals surface area contributed by atoms with Crippen LogP contribution in [0.4, 0.5) is 0 Å². The Hall–Kier alpha value is -0.610. The molecule has 0 spiro atoms. The fourth-order valence-corrected chi connectivity index (χ4v) is 12.1. The summed E-state index contributed by atoms with van der Waals surface area (Å²) >= 11 is 0. The van der Waals surface area contributed by atoms with Crippen molar-refractivity contribution in [3.63, 3.8) is 0 Å². The predicted octanol–water partition coefficient (Wildman–Crippen LogP) is 6.53. The van der Waals surface area contributed by atoms with Crippen LogP contribution in [0.25, 0.3) is 0 Å². The van der Waals surface area contributed by atoms with Gasteiger partial charge in [0.2, 0.25) is 0 Å². The first-order chi connectivity index (χ1) is 16.3. The molecule has 5 fully saturated rings. The van der Waals surface area contributed by atoms with E-state index < -0.39 is 11.4 Å². The van der Waals surface area contributed by atoms with Crippen molar-refractivity contribution < 1.29 is 20.1 Å². The maximum Gasteiger partial charge on any atom is 0.309 e. The molecule has 0 amide bonds. The van der Waals surface area contributed by atoms with Gasteiger partial charge in [0.25, 0.3) is 0 Å². The molecule has 200 valence electrons. The highest BCUT2D eigenvalue weighted by atomic mass is 16.4. The van der Waals surface area contributed by atoms with Gasteiger partial charge in [-0.3, -0.25) is 4.79 Å². The number of aliphatic hydroxyl groups excluding tert-OH is 2. The van der Waals surface area contributed by atoms with Crippen LogP contribution in [0.15, 0.2) is 0 Å². The topological polar surface area (TPSA) is 77.8 Å². The van der Waals surface area contributed by atoms with Gasteiger partial charge in [0.15, 0.2) is 0 Å². The largest absolute Gasteiger partial charge is 0.481 e. The highest BCUT2D eigenvalue weighted by molar-refractivity contribution is 5.76. The molecule has 0 aromatic rings. The van der Waals surface area contributed by atoms with Gasteiger partial charge in [-0.1, -0.05) is 41.5 Å². The number of carboxylic acids is 1. The third kappa shape index (κ3) is 3.20. The summed E-state index contributed by atoms with van der Waals surface area (Å²) < 4.78 is 0. The highest BCUT2D eigenvalue weighted by Crippen LogP contribution is 2.77. The van der Waals surface area contributed by atoms with Crippen LogP contribution in [0.3, 0.4) is 0 Å². The van der Waals surface area contributed by atoms with E-state index in [1.807, 2.05) is 0 Å². The fraction of sp³-hybridized carbons (Fsp3) is 0.968. The third-order valence-electron chi connectivity index (χ3n) is 14.2. The van der Waals surface area contributed by atoms with Crippen LogP contribution in [-0.2, 0) is 4.79 Å². The minimum atomic E-state index is -0.556. The zero-order valence-corrected chi connectivity index (χ0v) is 23.3. The Morgan fingerprint density at radius 1 is 0.857 bits per heavy atom. The molecule has 5 rings (SSSR count). The van der Waals surface area contributed by atoms with E-state index in [1.54, 1.807) is 0 Å². The first kappa shape index (κ1) is 26.0. The number of fused-ring (bicyclic) bond motifs is 7. The number of carboxylic acid groups (broad SMARTS) is 1. The molecule has 0 radical (unpaired) electrons. The molecule has 0 aromatic heterocycles. The number of hydrogen-bond acceptors (Lipinski definition) is 3. The summed E-state index contributed by atoms with van der Waals surface area (Å²) in [7, 11) is 0. The minimum Gasteiger partial charge on any atom is -0.481 e. The molecule has 0 aromatic carbocycles. The van der Waals surface area contributed by atoms with Gasteiger partial charge in [-0.2, -0.15) is 0 Å². The molecule has 0 bridgehead atoms. The van der Waals surface area contributed by atoms with Gasteiger partial charge in [0.05, 0.1) is 11.5 Å². The zero-order chi connectivity index (χ0) is 25.6. The van der Waals surface area contributed by atoms with Gasteiger partial charge in [-0.15, -0.1) is 0 Å². The maximum atomic E-state index is 12.9. The predicted molar refractivity (Wildman–Crippen MR) is 139 cm³/mol. The standard InChI is InChI=1S/C31H52O4/c1-19(12-18-32)20-9-15-31(26(34)35)17-16-29(5)21(25(20)31)7-8-23-28(4)13-11-24(33)27(2,3)22(28)10-14-30(23,29)6/h19-25,32-33H,7-18H2,1-6H3,(H,34,35)/t19-,20?,21?,22?,23?,24?,25?,28?,29-,30?,31?/m1/s1. The van der Waals surface area contributed by atoms with E-state index in [0.717, 1.165) is 51.4 Å². The number of rotatable bonds is 4. The van der Waals surface area contributed by atoms with Gasteiger partial charge in [-0.25, -0.2) is 0 Å². The molecule has 0 aliphatic heterocycles. The van der Waals surface area contributed by atoms with Gasteiger partial charge < -0.3 is 15.3 Å². The molecular weight excluding hydrogens is 436 g/mol. The highest BCUT2D eigenvalue weighted by Gasteiger charge is 2.72. The molecule has 4 nitrogen and oxygen atoms in total. The second kappa shape index (κ2) is 8.19. The Balaban J connectivity index is 1.54. The van der Waals surface area contributed by atoms with E-state index >= 15 is 0 Å². The smallest absolute Gasteiger partial charge is 0.309 e. The van der Waals surface area contributed by atoms with Crippen molar-refractivity contribution in [1.82, 2.24) is 0 Å². The molecule has 0 saturated heterocycles. The molecule has 5 saturated carbocycles. The second-order valence-corrected chi connectivity index (χ2v) is 15.2. The van der Waals surface area contributed by atoms with Gasteiger partial charge >= 0.3 is 5.97 Å². The Morgan fingerprint density at radius 2 is 1.57 bits per heavy atom. The third-order valence-corrected chi connectivity index (χ3v) is 14.2. The van der Waals surface area contributed by atoms with E-state index in [-0.39, 0.29) is 40.3 Å². The van der Waals surface area contributed by atoms with Crippen LogP contribution in [-0.4, -0.2) is 34.0 Å². The lowest BCUT2D eigenvalue weighted by Crippen LogP contribution is -2.67. The van der Waals surface area contributed by atoms with Crippen LogP contribution >= 0.6 is 0 Å². The SMILES string of the molecule is C[C@H](CCO)C1CCC2(C(=O)O)CC[C@]3(C)C(CCC4C5(C)CCC(O)C(C)(C)C5CCC43C)C12. The molecule has 9 unspecified atom stereocenters. The Kier molecular flexibility index (Phi) is 6.09. The number of hydrogen-bond donors (Lipinski definition) is 3. The van der Waals surface area contributed by atoms with Crippen molar-refractivity contribution in [3.05, 3.63) is 0 Å². The van der Waals surface area contributed by atoms with Crippen molar-refractivity contribution in [2.24, 2.45) is 62.6 Å². The Labute approximate surface area is 213 Å². The first-order valence-corrected chi connectivity index (χ1v) is 14.8. The zero-order valence-electron chi connectivity index (χ0n) is 23.3. The summed E-state index contributed by atoms with van der Waals surface area (Å²) in [5.41, 5.74) is 0.0459. The molecule has 4 heteroatoms. The summed E-state index contributed by atoms with van der Waals surface area (Å²) in [6.45, 7) is 14.8. The molecule has 35 heavy (non-hydrogen) atoms. The summed E-state index contributed by atoms with van der Waals surface area (Å²) in [5, 5.41) is 31.2. The lowest BCUT2D eigenvalue weighted by Gasteiger charge is -2.72. The summed E-state index contributed by atoms with van der Waals surface area (Å²) in [6.07, 6.45) is 11.1. The van der Waals surface area contributed by atoms with E-state index in [1.165, 1.54) is 19.3 Å². The van der Waals surface area contributed by atoms with Crippen molar-refractivity contribution in [1.29, 1.82) is 0 Å². The van der Waals surface area contributed by atoms with Gasteiger partial charge in [-0.05, 0) is 128 Å². The van der Waals surface area contributed by atoms with Gasteiger partial charge in [0.1, 0.15) is 0 Å². The van der Waals surface area contributed by atoms with Gasteiger partial charge in [0, 0.05) is 6.61 Å². The lowest BCUT2D eigenvalue weighted by atomic mass is 9.32. The van der Waals surface area contributed by atoms with Crippen LogP contribution in [0.1, 0.15) is 112 Å². The molecule has 11 atom stereocenters. The number of aliphatic hydroxyl groups is 2. The number of carbonyl (C=O) groups is 1. The van der Waals surface area contributed by atoms with E-state index in [2.05, 4.69) is 41.5 Å². The minimum absolute atomic E-state index is 0.0343. The lowest BCUT2D eigenvalue weighted by molar-refractivity contribution is -0.249. The van der Waals surface area contributed by atoms with E-state index in [9.17, 15) is 20.1 Å². The molecule has 5 aliphatic rings. The molecular formula is C31H52O4. The molecule has 0 heterocycles.